The fourth-order valence-corrected chi connectivity index (χ4v) is 4.34. The van der Waals surface area contributed by atoms with Crippen molar-refractivity contribution in [2.45, 2.75) is 6.92 Å². The van der Waals surface area contributed by atoms with Gasteiger partial charge < -0.3 is 15.4 Å². The number of hydrogen-bond donors (Lipinski definition) is 3. The highest BCUT2D eigenvalue weighted by atomic mass is 35.5. The normalized spacial score (nSPS) is 10.6. The average Bonchev–Trinajstić information content (AvgIpc) is 3.40. The Balaban J connectivity index is 1.48. The Morgan fingerprint density at radius 1 is 1.03 bits per heavy atom. The summed E-state index contributed by atoms with van der Waals surface area (Å²) in [5.41, 5.74) is 2.65. The summed E-state index contributed by atoms with van der Waals surface area (Å²) in [5.74, 6) is 0.425. The maximum absolute atomic E-state index is 12.8. The molecule has 9 heteroatoms. The zero-order chi connectivity index (χ0) is 22.7. The predicted octanol–water partition coefficient (Wildman–Crippen LogP) is 5.61. The molecular formula is C23H19ClN4O3S. The van der Waals surface area contributed by atoms with Crippen molar-refractivity contribution in [1.82, 2.24) is 10.2 Å². The van der Waals surface area contributed by atoms with Crippen molar-refractivity contribution in [3.8, 4) is 17.0 Å². The second kappa shape index (κ2) is 9.25. The number of anilines is 2. The number of para-hydroxylation sites is 1. The quantitative estimate of drug-likeness (QED) is 0.344. The minimum atomic E-state index is -0.336. The molecule has 0 spiro atoms. The second-order valence-electron chi connectivity index (χ2n) is 6.88. The first-order valence-corrected chi connectivity index (χ1v) is 10.8. The lowest BCUT2D eigenvalue weighted by Gasteiger charge is -2.05. The van der Waals surface area contributed by atoms with Crippen LogP contribution in [-0.4, -0.2) is 29.1 Å². The Morgan fingerprint density at radius 3 is 2.56 bits per heavy atom. The lowest BCUT2D eigenvalue weighted by molar-refractivity contribution is 0.102. The van der Waals surface area contributed by atoms with Crippen molar-refractivity contribution in [3.63, 3.8) is 0 Å². The monoisotopic (exact) mass is 466 g/mol. The van der Waals surface area contributed by atoms with E-state index in [0.717, 1.165) is 11.1 Å². The molecule has 0 fully saturated rings. The number of carbonyl (C=O) groups excluding carboxylic acids is 2. The number of rotatable bonds is 6. The molecule has 3 N–H and O–H groups in total. The van der Waals surface area contributed by atoms with Crippen LogP contribution in [-0.2, 0) is 0 Å². The molecular weight excluding hydrogens is 448 g/mol. The van der Waals surface area contributed by atoms with Crippen LogP contribution in [0.25, 0.3) is 11.3 Å². The summed E-state index contributed by atoms with van der Waals surface area (Å²) in [7, 11) is 1.60. The smallest absolute Gasteiger partial charge is 0.267 e. The van der Waals surface area contributed by atoms with Crippen LogP contribution in [0, 0.1) is 6.92 Å². The third kappa shape index (κ3) is 4.51. The zero-order valence-electron chi connectivity index (χ0n) is 17.2. The molecule has 0 unspecified atom stereocenters. The number of ether oxygens (including phenoxy) is 1. The molecule has 0 saturated carbocycles. The summed E-state index contributed by atoms with van der Waals surface area (Å²) < 4.78 is 5.37. The molecule has 0 saturated heterocycles. The lowest BCUT2D eigenvalue weighted by Crippen LogP contribution is -2.12. The van der Waals surface area contributed by atoms with Gasteiger partial charge in [0.2, 0.25) is 0 Å². The van der Waals surface area contributed by atoms with Crippen molar-refractivity contribution in [3.05, 3.63) is 81.7 Å². The lowest BCUT2D eigenvalue weighted by atomic mass is 10.1. The molecule has 0 atom stereocenters. The van der Waals surface area contributed by atoms with Gasteiger partial charge in [-0.25, -0.2) is 0 Å². The van der Waals surface area contributed by atoms with Gasteiger partial charge in [-0.05, 0) is 42.8 Å². The Kier molecular flexibility index (Phi) is 6.25. The largest absolute Gasteiger partial charge is 0.496 e. The van der Waals surface area contributed by atoms with Gasteiger partial charge in [-0.15, -0.1) is 11.3 Å². The molecule has 4 aromatic rings. The number of amides is 2. The van der Waals surface area contributed by atoms with Gasteiger partial charge in [0.25, 0.3) is 11.8 Å². The molecule has 0 aliphatic carbocycles. The Bertz CT molecular complexity index is 1300. The number of aryl methyl sites for hydroxylation is 1. The van der Waals surface area contributed by atoms with Gasteiger partial charge in [-0.1, -0.05) is 35.9 Å². The van der Waals surface area contributed by atoms with Crippen molar-refractivity contribution >= 4 is 45.6 Å². The number of benzene rings is 2. The molecule has 0 radical (unpaired) electrons. The van der Waals surface area contributed by atoms with E-state index in [9.17, 15) is 9.59 Å². The first kappa shape index (κ1) is 21.6. The fourth-order valence-electron chi connectivity index (χ4n) is 3.16. The van der Waals surface area contributed by atoms with E-state index in [2.05, 4.69) is 20.8 Å². The van der Waals surface area contributed by atoms with Crippen molar-refractivity contribution in [1.29, 1.82) is 0 Å². The van der Waals surface area contributed by atoms with E-state index in [1.54, 1.807) is 50.4 Å². The van der Waals surface area contributed by atoms with Crippen LogP contribution in [0.2, 0.25) is 5.02 Å². The number of thiophene rings is 1. The topological polar surface area (TPSA) is 96.1 Å². The number of halogens is 1. The van der Waals surface area contributed by atoms with E-state index in [4.69, 9.17) is 16.3 Å². The van der Waals surface area contributed by atoms with Crippen molar-refractivity contribution in [2.24, 2.45) is 0 Å². The Hall–Kier alpha value is -3.62. The first-order chi connectivity index (χ1) is 15.5. The summed E-state index contributed by atoms with van der Waals surface area (Å²) in [6.07, 6.45) is 0. The average molecular weight is 467 g/mol. The molecule has 2 aromatic carbocycles. The zero-order valence-corrected chi connectivity index (χ0v) is 18.8. The maximum Gasteiger partial charge on any atom is 0.267 e. The van der Waals surface area contributed by atoms with Gasteiger partial charge in [0.15, 0.2) is 5.82 Å². The minimum absolute atomic E-state index is 0.316. The van der Waals surface area contributed by atoms with Gasteiger partial charge in [-0.3, -0.25) is 14.7 Å². The van der Waals surface area contributed by atoms with E-state index in [-0.39, 0.29) is 11.8 Å². The van der Waals surface area contributed by atoms with E-state index >= 15 is 0 Å². The van der Waals surface area contributed by atoms with Crippen LogP contribution in [0.15, 0.2) is 60.7 Å². The number of nitrogens with zero attached hydrogens (tertiary/aromatic N) is 1. The number of aromatic amines is 1. The molecule has 2 amide bonds. The van der Waals surface area contributed by atoms with Gasteiger partial charge in [0.05, 0.1) is 33.3 Å². The molecule has 162 valence electrons. The SMILES string of the molecule is COc1ccccc1-c1cc(NC(=O)c2sc(NC(=O)c3ccccc3Cl)cc2C)n[nH]1. The molecule has 0 bridgehead atoms. The second-order valence-corrected chi connectivity index (χ2v) is 8.34. The van der Waals surface area contributed by atoms with Crippen LogP contribution in [0.5, 0.6) is 5.75 Å². The fraction of sp³-hybridized carbons (Fsp3) is 0.0870. The van der Waals surface area contributed by atoms with Gasteiger partial charge in [-0.2, -0.15) is 5.10 Å². The van der Waals surface area contributed by atoms with Crippen molar-refractivity contribution < 1.29 is 14.3 Å². The summed E-state index contributed by atoms with van der Waals surface area (Å²) in [6, 6.07) is 17.8. The summed E-state index contributed by atoms with van der Waals surface area (Å²) >= 11 is 7.27. The molecule has 32 heavy (non-hydrogen) atoms. The number of nitrogens with one attached hydrogen (secondary N) is 3. The van der Waals surface area contributed by atoms with E-state index in [1.807, 2.05) is 24.3 Å². The van der Waals surface area contributed by atoms with Crippen molar-refractivity contribution in [2.75, 3.05) is 17.7 Å². The third-order valence-electron chi connectivity index (χ3n) is 4.70. The van der Waals surface area contributed by atoms with Crippen LogP contribution in [0.1, 0.15) is 25.6 Å². The predicted molar refractivity (Wildman–Crippen MR) is 127 cm³/mol. The molecule has 7 nitrogen and oxygen atoms in total. The maximum atomic E-state index is 12.8. The molecule has 4 rings (SSSR count). The number of aromatic nitrogens is 2. The highest BCUT2D eigenvalue weighted by molar-refractivity contribution is 7.18. The highest BCUT2D eigenvalue weighted by Crippen LogP contribution is 2.31. The van der Waals surface area contributed by atoms with Crippen LogP contribution < -0.4 is 15.4 Å². The summed E-state index contributed by atoms with van der Waals surface area (Å²) in [4.78, 5) is 25.8. The molecule has 2 aromatic heterocycles. The van der Waals surface area contributed by atoms with Gasteiger partial charge in [0.1, 0.15) is 5.75 Å². The van der Waals surface area contributed by atoms with Gasteiger partial charge in [0, 0.05) is 11.6 Å². The van der Waals surface area contributed by atoms with E-state index < -0.39 is 0 Å². The Labute approximate surface area is 193 Å². The van der Waals surface area contributed by atoms with Crippen LogP contribution in [0.4, 0.5) is 10.8 Å². The molecule has 2 heterocycles. The van der Waals surface area contributed by atoms with E-state index in [1.165, 1.54) is 11.3 Å². The number of hydrogen-bond acceptors (Lipinski definition) is 5. The number of carbonyl (C=O) groups is 2. The van der Waals surface area contributed by atoms with Crippen LogP contribution >= 0.6 is 22.9 Å². The van der Waals surface area contributed by atoms with Crippen LogP contribution in [0.3, 0.4) is 0 Å². The Morgan fingerprint density at radius 2 is 1.78 bits per heavy atom. The van der Waals surface area contributed by atoms with E-state index in [0.29, 0.717) is 37.7 Å². The minimum Gasteiger partial charge on any atom is -0.496 e. The molecule has 0 aliphatic rings. The standard InChI is InChI=1S/C23H19ClN4O3S/c1-13-11-20(26-22(29)14-7-3-5-9-16(14)24)32-21(13)23(30)25-19-12-17(27-28-19)15-8-4-6-10-18(15)31-2/h3-12H,1-2H3,(H,26,29)(H2,25,27,28,30). The first-order valence-electron chi connectivity index (χ1n) is 9.62. The number of H-pyrrole nitrogens is 1. The summed E-state index contributed by atoms with van der Waals surface area (Å²) in [5, 5.41) is 13.6. The highest BCUT2D eigenvalue weighted by Gasteiger charge is 2.18. The summed E-state index contributed by atoms with van der Waals surface area (Å²) in [6.45, 7) is 1.81. The number of methoxy groups -OCH3 is 1. The third-order valence-corrected chi connectivity index (χ3v) is 6.18. The van der Waals surface area contributed by atoms with Gasteiger partial charge >= 0.3 is 0 Å². The molecule has 0 aliphatic heterocycles.